The molecule has 8 amide bonds. The molecular formula is C41H76N10O11. The van der Waals surface area contributed by atoms with Crippen molar-refractivity contribution in [2.24, 2.45) is 35.0 Å². The molecule has 0 radical (unpaired) electrons. The van der Waals surface area contributed by atoms with Gasteiger partial charge in [0.05, 0.1) is 6.10 Å². The maximum absolute atomic E-state index is 14.0. The Morgan fingerprint density at radius 3 is 1.23 bits per heavy atom. The molecule has 0 aromatic heterocycles. The molecule has 0 aromatic carbocycles. The van der Waals surface area contributed by atoms with Crippen LogP contribution in [0.5, 0.6) is 0 Å². The number of aliphatic carboxylic acids is 1. The standard InChI is InChI=1S/C41H76N10O11/c1-9-24(6)33(35(44)56)51-40(61)31(21-23(4)5)49-37(58)28(15-11-13-19-43)46-38(59)29(16-17-32(54)55)48-36(57)27(14-10-12-18-42)47-39(60)30(20-22(2)3)50-41(62)34(25(7)52)45-26(8)53/h22-25,27-31,33-34,52H,9-21,42-43H2,1-8H3,(H2,44,56)(H,45,53)(H,46,59)(H,47,60)(H,48,57)(H,49,58)(H,50,62)(H,51,61)(H,54,55)/t24-,25+,27-,28-,29-,30-,31-,33-,34-/m0/s1. The van der Waals surface area contributed by atoms with E-state index < -0.39 is 114 Å². The average molecular weight is 885 g/mol. The predicted molar refractivity (Wildman–Crippen MR) is 231 cm³/mol. The van der Waals surface area contributed by atoms with E-state index in [0.717, 1.165) is 6.92 Å². The Kier molecular flexibility index (Phi) is 27.8. The third kappa shape index (κ3) is 22.8. The molecule has 0 aliphatic rings. The van der Waals surface area contributed by atoms with Crippen molar-refractivity contribution in [1.82, 2.24) is 37.2 Å². The monoisotopic (exact) mass is 885 g/mol. The molecule has 0 aliphatic heterocycles. The van der Waals surface area contributed by atoms with E-state index in [0.29, 0.717) is 32.1 Å². The lowest BCUT2D eigenvalue weighted by Crippen LogP contribution is -2.60. The highest BCUT2D eigenvalue weighted by atomic mass is 16.4. The summed E-state index contributed by atoms with van der Waals surface area (Å²) < 4.78 is 0. The number of aliphatic hydroxyl groups excluding tert-OH is 1. The highest BCUT2D eigenvalue weighted by Crippen LogP contribution is 2.13. The van der Waals surface area contributed by atoms with Gasteiger partial charge in [0.1, 0.15) is 42.3 Å². The zero-order valence-electron chi connectivity index (χ0n) is 37.8. The number of amides is 8. The fourth-order valence-electron chi connectivity index (χ4n) is 6.42. The largest absolute Gasteiger partial charge is 0.481 e. The molecule has 0 heterocycles. The molecule has 0 saturated carbocycles. The average Bonchev–Trinajstić information content (AvgIpc) is 3.17. The van der Waals surface area contributed by atoms with Gasteiger partial charge in [0.2, 0.25) is 47.3 Å². The fourth-order valence-corrected chi connectivity index (χ4v) is 6.42. The van der Waals surface area contributed by atoms with Crippen molar-refractivity contribution < 1.29 is 53.4 Å². The zero-order chi connectivity index (χ0) is 47.7. The van der Waals surface area contributed by atoms with Crippen molar-refractivity contribution in [2.45, 2.75) is 174 Å². The first kappa shape index (κ1) is 57.1. The van der Waals surface area contributed by atoms with Gasteiger partial charge >= 0.3 is 5.97 Å². The maximum atomic E-state index is 14.0. The summed E-state index contributed by atoms with van der Waals surface area (Å²) in [6.45, 7) is 13.8. The summed E-state index contributed by atoms with van der Waals surface area (Å²) in [7, 11) is 0. The molecule has 0 unspecified atom stereocenters. The van der Waals surface area contributed by atoms with Crippen LogP contribution in [0.2, 0.25) is 0 Å². The first-order valence-electron chi connectivity index (χ1n) is 21.7. The summed E-state index contributed by atoms with van der Waals surface area (Å²) in [5, 5.41) is 37.7. The normalized spacial score (nSPS) is 15.6. The van der Waals surface area contributed by atoms with Gasteiger partial charge < -0.3 is 64.6 Å². The summed E-state index contributed by atoms with van der Waals surface area (Å²) in [5.41, 5.74) is 16.9. The van der Waals surface area contributed by atoms with Gasteiger partial charge in [-0.2, -0.15) is 0 Å². The van der Waals surface area contributed by atoms with E-state index in [2.05, 4.69) is 37.2 Å². The lowest BCUT2D eigenvalue weighted by atomic mass is 9.97. The number of carbonyl (C=O) groups is 9. The molecule has 15 N–H and O–H groups in total. The molecule has 0 rings (SSSR count). The van der Waals surface area contributed by atoms with E-state index in [1.165, 1.54) is 6.92 Å². The number of primary amides is 1. The number of hydrogen-bond acceptors (Lipinski definition) is 12. The SMILES string of the molecule is CC[C@H](C)[C@H](NC(=O)[C@H](CC(C)C)NC(=O)[C@H](CCCCN)NC(=O)[C@H](CCC(=O)O)NC(=O)[C@H](CCCCN)NC(=O)[C@H](CC(C)C)NC(=O)[C@@H](NC(C)=O)[C@@H](C)O)C(N)=O. The minimum atomic E-state index is -1.52. The van der Waals surface area contributed by atoms with Crippen molar-refractivity contribution in [1.29, 1.82) is 0 Å². The van der Waals surface area contributed by atoms with Crippen LogP contribution >= 0.6 is 0 Å². The number of unbranched alkanes of at least 4 members (excludes halogenated alkanes) is 2. The van der Waals surface area contributed by atoms with E-state index in [4.69, 9.17) is 17.2 Å². The van der Waals surface area contributed by atoms with Crippen molar-refractivity contribution in [3.63, 3.8) is 0 Å². The molecule has 0 aromatic rings. The van der Waals surface area contributed by atoms with E-state index in [9.17, 15) is 53.4 Å². The van der Waals surface area contributed by atoms with Crippen LogP contribution in [-0.4, -0.2) is 125 Å². The Hall–Kier alpha value is -4.89. The first-order valence-corrected chi connectivity index (χ1v) is 21.7. The van der Waals surface area contributed by atoms with E-state index in [-0.39, 0.29) is 56.5 Å². The first-order chi connectivity index (χ1) is 29.0. The lowest BCUT2D eigenvalue weighted by Gasteiger charge is -2.29. The van der Waals surface area contributed by atoms with Crippen LogP contribution in [0.15, 0.2) is 0 Å². The number of nitrogens with one attached hydrogen (secondary N) is 7. The Morgan fingerprint density at radius 2 is 0.887 bits per heavy atom. The predicted octanol–water partition coefficient (Wildman–Crippen LogP) is -1.47. The second-order valence-electron chi connectivity index (χ2n) is 16.8. The quantitative estimate of drug-likeness (QED) is 0.0344. The number of carboxylic acids is 1. The number of carbonyl (C=O) groups excluding carboxylic acids is 8. The molecule has 356 valence electrons. The van der Waals surface area contributed by atoms with E-state index in [1.54, 1.807) is 20.8 Å². The maximum Gasteiger partial charge on any atom is 0.303 e. The number of rotatable bonds is 32. The van der Waals surface area contributed by atoms with Gasteiger partial charge in [0.15, 0.2) is 0 Å². The third-order valence-corrected chi connectivity index (χ3v) is 10.1. The molecule has 62 heavy (non-hydrogen) atoms. The molecule has 0 aliphatic carbocycles. The summed E-state index contributed by atoms with van der Waals surface area (Å²) in [6.07, 6.45) is 0.240. The van der Waals surface area contributed by atoms with Crippen molar-refractivity contribution >= 4 is 53.2 Å². The van der Waals surface area contributed by atoms with Crippen LogP contribution in [-0.2, 0) is 43.2 Å². The van der Waals surface area contributed by atoms with E-state index >= 15 is 0 Å². The Bertz CT molecular complexity index is 1480. The Labute approximate surface area is 365 Å². The van der Waals surface area contributed by atoms with Gasteiger partial charge in [-0.05, 0) is 95.6 Å². The van der Waals surface area contributed by atoms with Gasteiger partial charge in [-0.1, -0.05) is 48.0 Å². The number of nitrogens with two attached hydrogens (primary N) is 3. The zero-order valence-corrected chi connectivity index (χ0v) is 37.8. The molecule has 0 saturated heterocycles. The molecule has 9 atom stereocenters. The lowest BCUT2D eigenvalue weighted by molar-refractivity contribution is -0.139. The molecule has 21 heteroatoms. The van der Waals surface area contributed by atoms with Gasteiger partial charge in [0.25, 0.3) is 0 Å². The highest BCUT2D eigenvalue weighted by molar-refractivity contribution is 5.97. The summed E-state index contributed by atoms with van der Waals surface area (Å²) in [6, 6.07) is -8.83. The van der Waals surface area contributed by atoms with Gasteiger partial charge in [-0.25, -0.2) is 0 Å². The smallest absolute Gasteiger partial charge is 0.303 e. The molecular weight excluding hydrogens is 809 g/mol. The summed E-state index contributed by atoms with van der Waals surface area (Å²) in [5.74, 6) is -7.94. The van der Waals surface area contributed by atoms with Crippen LogP contribution in [0.4, 0.5) is 0 Å². The number of hydrogen-bond donors (Lipinski definition) is 12. The fraction of sp³-hybridized carbons (Fsp3) is 0.780. The van der Waals surface area contributed by atoms with Crippen LogP contribution < -0.4 is 54.4 Å². The van der Waals surface area contributed by atoms with Crippen LogP contribution in [0, 0.1) is 17.8 Å². The third-order valence-electron chi connectivity index (χ3n) is 10.1. The van der Waals surface area contributed by atoms with Gasteiger partial charge in [-0.15, -0.1) is 0 Å². The van der Waals surface area contributed by atoms with Crippen LogP contribution in [0.25, 0.3) is 0 Å². The second kappa shape index (κ2) is 30.2. The van der Waals surface area contributed by atoms with Crippen LogP contribution in [0.3, 0.4) is 0 Å². The van der Waals surface area contributed by atoms with Crippen LogP contribution in [0.1, 0.15) is 126 Å². The second-order valence-corrected chi connectivity index (χ2v) is 16.8. The molecule has 0 spiro atoms. The molecule has 0 bridgehead atoms. The van der Waals surface area contributed by atoms with E-state index in [1.807, 2.05) is 20.8 Å². The summed E-state index contributed by atoms with van der Waals surface area (Å²) >= 11 is 0. The minimum Gasteiger partial charge on any atom is -0.481 e. The van der Waals surface area contributed by atoms with Gasteiger partial charge in [0, 0.05) is 13.3 Å². The van der Waals surface area contributed by atoms with Gasteiger partial charge in [-0.3, -0.25) is 43.2 Å². The number of carboxylic acid groups (broad SMARTS) is 1. The number of aliphatic hydroxyl groups is 1. The molecule has 0 fully saturated rings. The Morgan fingerprint density at radius 1 is 0.516 bits per heavy atom. The van der Waals surface area contributed by atoms with Crippen molar-refractivity contribution in [3.05, 3.63) is 0 Å². The Balaban J connectivity index is 6.64. The van der Waals surface area contributed by atoms with Crippen molar-refractivity contribution in [3.8, 4) is 0 Å². The van der Waals surface area contributed by atoms with Crippen molar-refractivity contribution in [2.75, 3.05) is 13.1 Å². The summed E-state index contributed by atoms with van der Waals surface area (Å²) in [4.78, 5) is 118. The minimum absolute atomic E-state index is 0.0314. The highest BCUT2D eigenvalue weighted by Gasteiger charge is 2.35. The topological polar surface area (TPSA) is 356 Å². The molecule has 21 nitrogen and oxygen atoms in total.